The third-order valence-electron chi connectivity index (χ3n) is 3.19. The Morgan fingerprint density at radius 1 is 1.37 bits per heavy atom. The predicted octanol–water partition coefficient (Wildman–Crippen LogP) is 3.79. The van der Waals surface area contributed by atoms with Crippen molar-refractivity contribution in [3.05, 3.63) is 47.0 Å². The van der Waals surface area contributed by atoms with Gasteiger partial charge in [-0.2, -0.15) is 0 Å². The van der Waals surface area contributed by atoms with Gasteiger partial charge in [-0.15, -0.1) is 0 Å². The van der Waals surface area contributed by atoms with Gasteiger partial charge in [0.2, 0.25) is 0 Å². The summed E-state index contributed by atoms with van der Waals surface area (Å²) in [5, 5.41) is 13.4. The van der Waals surface area contributed by atoms with Crippen molar-refractivity contribution >= 4 is 11.6 Å². The van der Waals surface area contributed by atoms with Gasteiger partial charge in [-0.05, 0) is 30.4 Å². The van der Waals surface area contributed by atoms with E-state index in [4.69, 9.17) is 11.6 Å². The molecule has 106 valence electrons. The second-order valence-electron chi connectivity index (χ2n) is 5.41. The summed E-state index contributed by atoms with van der Waals surface area (Å²) in [7, 11) is 0. The molecule has 3 heteroatoms. The molecule has 1 rings (SSSR count). The van der Waals surface area contributed by atoms with Crippen LogP contribution in [0.25, 0.3) is 0 Å². The summed E-state index contributed by atoms with van der Waals surface area (Å²) >= 11 is 5.71. The SMILES string of the molecule is C=C(Cl)C(O)CNC(CC(C)C)c1ccccc1C. The van der Waals surface area contributed by atoms with Crippen molar-refractivity contribution in [1.82, 2.24) is 5.32 Å². The lowest BCUT2D eigenvalue weighted by Crippen LogP contribution is -2.31. The fourth-order valence-electron chi connectivity index (χ4n) is 2.13. The van der Waals surface area contributed by atoms with Gasteiger partial charge in [0.15, 0.2) is 0 Å². The Kier molecular flexibility index (Phi) is 6.56. The van der Waals surface area contributed by atoms with Gasteiger partial charge in [0.05, 0.1) is 0 Å². The van der Waals surface area contributed by atoms with Gasteiger partial charge in [-0.25, -0.2) is 0 Å². The summed E-state index contributed by atoms with van der Waals surface area (Å²) in [4.78, 5) is 0. The van der Waals surface area contributed by atoms with Crippen LogP contribution in [0.15, 0.2) is 35.9 Å². The number of halogens is 1. The summed E-state index contributed by atoms with van der Waals surface area (Å²) in [5.74, 6) is 0.577. The lowest BCUT2D eigenvalue weighted by Gasteiger charge is -2.24. The molecule has 0 amide bonds. The molecule has 0 aliphatic rings. The summed E-state index contributed by atoms with van der Waals surface area (Å²) in [6, 6.07) is 8.57. The molecule has 0 saturated carbocycles. The smallest absolute Gasteiger partial charge is 0.101 e. The molecule has 2 nitrogen and oxygen atoms in total. The van der Waals surface area contributed by atoms with E-state index in [1.165, 1.54) is 11.1 Å². The summed E-state index contributed by atoms with van der Waals surface area (Å²) < 4.78 is 0. The molecule has 0 aliphatic carbocycles. The highest BCUT2D eigenvalue weighted by molar-refractivity contribution is 6.29. The van der Waals surface area contributed by atoms with Crippen molar-refractivity contribution in [1.29, 1.82) is 0 Å². The maximum Gasteiger partial charge on any atom is 0.101 e. The Morgan fingerprint density at radius 2 is 2.00 bits per heavy atom. The van der Waals surface area contributed by atoms with Crippen molar-refractivity contribution in [2.24, 2.45) is 5.92 Å². The van der Waals surface area contributed by atoms with Crippen LogP contribution in [0.2, 0.25) is 0 Å². The average Bonchev–Trinajstić information content (AvgIpc) is 2.34. The first kappa shape index (κ1) is 16.2. The molecule has 0 aromatic heterocycles. The second-order valence-corrected chi connectivity index (χ2v) is 5.90. The third-order valence-corrected chi connectivity index (χ3v) is 3.44. The van der Waals surface area contributed by atoms with Gasteiger partial charge in [0.25, 0.3) is 0 Å². The average molecular weight is 282 g/mol. The van der Waals surface area contributed by atoms with Crippen molar-refractivity contribution in [3.63, 3.8) is 0 Å². The van der Waals surface area contributed by atoms with E-state index in [-0.39, 0.29) is 11.1 Å². The van der Waals surface area contributed by atoms with E-state index in [0.29, 0.717) is 12.5 Å². The van der Waals surface area contributed by atoms with Crippen molar-refractivity contribution in [2.75, 3.05) is 6.54 Å². The Morgan fingerprint density at radius 3 is 2.53 bits per heavy atom. The number of nitrogens with one attached hydrogen (secondary N) is 1. The standard InChI is InChI=1S/C16H24ClNO/c1-11(2)9-15(18-10-16(19)13(4)17)14-8-6-5-7-12(14)3/h5-8,11,15-16,18-19H,4,9-10H2,1-3H3. The second kappa shape index (κ2) is 7.68. The van der Waals surface area contributed by atoms with Crippen molar-refractivity contribution in [3.8, 4) is 0 Å². The largest absolute Gasteiger partial charge is 0.386 e. The fraction of sp³-hybridized carbons (Fsp3) is 0.500. The first-order valence-corrected chi connectivity index (χ1v) is 7.11. The zero-order chi connectivity index (χ0) is 14.4. The highest BCUT2D eigenvalue weighted by Gasteiger charge is 2.16. The normalized spacial score (nSPS) is 14.4. The van der Waals surface area contributed by atoms with E-state index in [2.05, 4.69) is 44.8 Å². The molecule has 19 heavy (non-hydrogen) atoms. The quantitative estimate of drug-likeness (QED) is 0.797. The van der Waals surface area contributed by atoms with Crippen LogP contribution < -0.4 is 5.32 Å². The molecule has 0 radical (unpaired) electrons. The van der Waals surface area contributed by atoms with Crippen LogP contribution in [-0.4, -0.2) is 17.8 Å². The van der Waals surface area contributed by atoms with Crippen molar-refractivity contribution < 1.29 is 5.11 Å². The zero-order valence-corrected chi connectivity index (χ0v) is 12.7. The predicted molar refractivity (Wildman–Crippen MR) is 82.4 cm³/mol. The zero-order valence-electron chi connectivity index (χ0n) is 12.0. The first-order chi connectivity index (χ1) is 8.91. The molecule has 0 bridgehead atoms. The molecule has 0 fully saturated rings. The minimum atomic E-state index is -0.708. The van der Waals surface area contributed by atoms with E-state index in [9.17, 15) is 5.11 Å². The third kappa shape index (κ3) is 5.35. The molecule has 1 aromatic carbocycles. The molecule has 2 N–H and O–H groups in total. The number of aliphatic hydroxyl groups excluding tert-OH is 1. The lowest BCUT2D eigenvalue weighted by atomic mass is 9.94. The summed E-state index contributed by atoms with van der Waals surface area (Å²) in [6.45, 7) is 10.5. The Hall–Kier alpha value is -0.830. The number of hydrogen-bond donors (Lipinski definition) is 2. The first-order valence-electron chi connectivity index (χ1n) is 6.73. The summed E-state index contributed by atoms with van der Waals surface area (Å²) in [6.07, 6.45) is 0.312. The Bertz CT molecular complexity index is 417. The molecule has 0 aliphatic heterocycles. The fourth-order valence-corrected chi connectivity index (χ4v) is 2.21. The van der Waals surface area contributed by atoms with Gasteiger partial charge in [-0.1, -0.05) is 56.3 Å². The number of benzene rings is 1. The molecule has 0 saturated heterocycles. The van der Waals surface area contributed by atoms with E-state index < -0.39 is 6.10 Å². The number of hydrogen-bond acceptors (Lipinski definition) is 2. The van der Waals surface area contributed by atoms with Gasteiger partial charge >= 0.3 is 0 Å². The molecule has 0 heterocycles. The Balaban J connectivity index is 2.78. The van der Waals surface area contributed by atoms with Gasteiger partial charge < -0.3 is 10.4 Å². The van der Waals surface area contributed by atoms with E-state index in [0.717, 1.165) is 6.42 Å². The van der Waals surface area contributed by atoms with E-state index in [1.54, 1.807) is 0 Å². The minimum Gasteiger partial charge on any atom is -0.386 e. The molecule has 1 aromatic rings. The maximum atomic E-state index is 9.73. The van der Waals surface area contributed by atoms with E-state index >= 15 is 0 Å². The molecule has 2 unspecified atom stereocenters. The monoisotopic (exact) mass is 281 g/mol. The van der Waals surface area contributed by atoms with Crippen LogP contribution >= 0.6 is 11.6 Å². The molecule has 2 atom stereocenters. The number of aliphatic hydroxyl groups is 1. The van der Waals surface area contributed by atoms with Crippen LogP contribution in [0.1, 0.15) is 37.4 Å². The maximum absolute atomic E-state index is 9.73. The molecular formula is C16H24ClNO. The lowest BCUT2D eigenvalue weighted by molar-refractivity contribution is 0.206. The summed E-state index contributed by atoms with van der Waals surface area (Å²) in [5.41, 5.74) is 2.54. The van der Waals surface area contributed by atoms with Gasteiger partial charge in [0, 0.05) is 17.6 Å². The number of aryl methyl sites for hydroxylation is 1. The molecule has 0 spiro atoms. The van der Waals surface area contributed by atoms with Gasteiger partial charge in [-0.3, -0.25) is 0 Å². The van der Waals surface area contributed by atoms with Gasteiger partial charge in [0.1, 0.15) is 6.10 Å². The topological polar surface area (TPSA) is 32.3 Å². The van der Waals surface area contributed by atoms with E-state index in [1.807, 2.05) is 12.1 Å². The molecular weight excluding hydrogens is 258 g/mol. The van der Waals surface area contributed by atoms with Crippen LogP contribution in [0.4, 0.5) is 0 Å². The van der Waals surface area contributed by atoms with Crippen LogP contribution in [0.5, 0.6) is 0 Å². The van der Waals surface area contributed by atoms with Crippen LogP contribution in [0.3, 0.4) is 0 Å². The van der Waals surface area contributed by atoms with Crippen molar-refractivity contribution in [2.45, 2.75) is 39.3 Å². The minimum absolute atomic E-state index is 0.229. The number of rotatable bonds is 7. The highest BCUT2D eigenvalue weighted by atomic mass is 35.5. The van der Waals surface area contributed by atoms with Crippen LogP contribution in [0, 0.1) is 12.8 Å². The highest BCUT2D eigenvalue weighted by Crippen LogP contribution is 2.24. The Labute approximate surface area is 121 Å². The van der Waals surface area contributed by atoms with Crippen LogP contribution in [-0.2, 0) is 0 Å².